The van der Waals surface area contributed by atoms with E-state index < -0.39 is 0 Å². The lowest BCUT2D eigenvalue weighted by Gasteiger charge is -2.09. The zero-order valence-electron chi connectivity index (χ0n) is 13.5. The normalized spacial score (nSPS) is 11.2. The van der Waals surface area contributed by atoms with Crippen molar-refractivity contribution in [1.29, 1.82) is 0 Å². The van der Waals surface area contributed by atoms with Gasteiger partial charge in [0, 0.05) is 17.8 Å². The summed E-state index contributed by atoms with van der Waals surface area (Å²) in [5, 5.41) is 9.20. The minimum absolute atomic E-state index is 0.894. The van der Waals surface area contributed by atoms with E-state index in [0.29, 0.717) is 0 Å². The number of rotatable bonds is 0. The maximum Gasteiger partial charge on any atom is 0.140 e. The fraction of sp³-hybridized carbons (Fsp3) is 0. The van der Waals surface area contributed by atoms with E-state index in [4.69, 9.17) is 0 Å². The molecule has 0 unspecified atom stereocenters. The van der Waals surface area contributed by atoms with E-state index in [0.717, 1.165) is 11.0 Å². The minimum Gasteiger partial charge on any atom is -0.346 e. The Morgan fingerprint density at radius 2 is 1.16 bits per heavy atom. The molecule has 2 aromatic heterocycles. The zero-order valence-corrected chi connectivity index (χ0v) is 13.5. The molecule has 4 aromatic carbocycles. The van der Waals surface area contributed by atoms with Crippen molar-refractivity contribution in [2.45, 2.75) is 0 Å². The lowest BCUT2D eigenvalue weighted by Crippen LogP contribution is -1.82. The second kappa shape index (κ2) is 5.56. The highest BCUT2D eigenvalue weighted by atomic mass is 14.9. The van der Waals surface area contributed by atoms with Gasteiger partial charge >= 0.3 is 0 Å². The summed E-state index contributed by atoms with van der Waals surface area (Å²) in [7, 11) is 0. The zero-order chi connectivity index (χ0) is 16.6. The monoisotopic (exact) mass is 321 g/mol. The van der Waals surface area contributed by atoms with Crippen LogP contribution in [-0.2, 0) is 0 Å². The van der Waals surface area contributed by atoms with Crippen molar-refractivity contribution in [1.82, 2.24) is 15.0 Å². The SMILES string of the molecule is c1cc2ccc3cccc4ccc(c1)c2c34.c1ncc2cc[nH]c2n1. The van der Waals surface area contributed by atoms with Gasteiger partial charge in [-0.05, 0) is 38.4 Å². The number of aromatic amines is 1. The summed E-state index contributed by atoms with van der Waals surface area (Å²) in [6.45, 7) is 0. The van der Waals surface area contributed by atoms with Crippen molar-refractivity contribution in [2.24, 2.45) is 0 Å². The largest absolute Gasteiger partial charge is 0.346 e. The highest BCUT2D eigenvalue weighted by Gasteiger charge is 2.05. The Kier molecular flexibility index (Phi) is 3.10. The van der Waals surface area contributed by atoms with Crippen LogP contribution in [0.3, 0.4) is 0 Å². The number of H-pyrrole nitrogens is 1. The third kappa shape index (κ3) is 2.29. The molecule has 0 bridgehead atoms. The van der Waals surface area contributed by atoms with Crippen molar-refractivity contribution >= 4 is 43.4 Å². The van der Waals surface area contributed by atoms with Crippen LogP contribution in [0.25, 0.3) is 43.4 Å². The van der Waals surface area contributed by atoms with Gasteiger partial charge in [0.25, 0.3) is 0 Å². The molecule has 0 aliphatic heterocycles. The summed E-state index contributed by atoms with van der Waals surface area (Å²) < 4.78 is 0. The van der Waals surface area contributed by atoms with E-state index in [1.165, 1.54) is 38.6 Å². The molecule has 6 aromatic rings. The van der Waals surface area contributed by atoms with Crippen molar-refractivity contribution in [3.8, 4) is 0 Å². The molecule has 0 spiro atoms. The Morgan fingerprint density at radius 3 is 1.68 bits per heavy atom. The van der Waals surface area contributed by atoms with Crippen LogP contribution >= 0.6 is 0 Å². The van der Waals surface area contributed by atoms with Gasteiger partial charge in [0.2, 0.25) is 0 Å². The van der Waals surface area contributed by atoms with Crippen LogP contribution in [0.4, 0.5) is 0 Å². The molecule has 118 valence electrons. The average molecular weight is 321 g/mol. The van der Waals surface area contributed by atoms with E-state index >= 15 is 0 Å². The Labute approximate surface area is 144 Å². The molecule has 6 rings (SSSR count). The molecule has 0 radical (unpaired) electrons. The number of fused-ring (bicyclic) bond motifs is 1. The molecular weight excluding hydrogens is 306 g/mol. The predicted octanol–water partition coefficient (Wildman–Crippen LogP) is 5.54. The van der Waals surface area contributed by atoms with E-state index in [2.05, 4.69) is 75.6 Å². The van der Waals surface area contributed by atoms with Crippen LogP contribution in [0.5, 0.6) is 0 Å². The maximum atomic E-state index is 3.97. The van der Waals surface area contributed by atoms with Gasteiger partial charge in [-0.15, -0.1) is 0 Å². The van der Waals surface area contributed by atoms with Crippen LogP contribution in [0.2, 0.25) is 0 Å². The first-order chi connectivity index (χ1) is 12.4. The summed E-state index contributed by atoms with van der Waals surface area (Å²) >= 11 is 0. The fourth-order valence-electron chi connectivity index (χ4n) is 3.46. The molecule has 2 heterocycles. The highest BCUT2D eigenvalue weighted by Crippen LogP contribution is 2.33. The topological polar surface area (TPSA) is 41.6 Å². The predicted molar refractivity (Wildman–Crippen MR) is 104 cm³/mol. The van der Waals surface area contributed by atoms with Gasteiger partial charge in [-0.2, -0.15) is 0 Å². The third-order valence-electron chi connectivity index (χ3n) is 4.62. The number of hydrogen-bond acceptors (Lipinski definition) is 2. The molecule has 0 aliphatic carbocycles. The van der Waals surface area contributed by atoms with E-state index in [1.54, 1.807) is 6.20 Å². The van der Waals surface area contributed by atoms with Crippen LogP contribution in [0, 0.1) is 0 Å². The molecule has 0 amide bonds. The van der Waals surface area contributed by atoms with Crippen LogP contribution in [0.1, 0.15) is 0 Å². The molecule has 0 aliphatic rings. The molecule has 1 N–H and O–H groups in total. The molecule has 3 nitrogen and oxygen atoms in total. The highest BCUT2D eigenvalue weighted by molar-refractivity contribution is 6.22. The van der Waals surface area contributed by atoms with E-state index in [1.807, 2.05) is 12.3 Å². The van der Waals surface area contributed by atoms with Gasteiger partial charge in [0.05, 0.1) is 0 Å². The third-order valence-corrected chi connectivity index (χ3v) is 4.62. The van der Waals surface area contributed by atoms with Crippen molar-refractivity contribution in [2.75, 3.05) is 0 Å². The summed E-state index contributed by atoms with van der Waals surface area (Å²) in [6.07, 6.45) is 5.15. The van der Waals surface area contributed by atoms with Crippen molar-refractivity contribution < 1.29 is 0 Å². The molecule has 0 fully saturated rings. The standard InChI is InChI=1S/C16H10.C6H5N3/c1-3-11-7-9-13-5-2-6-14-10-8-12(4-1)15(11)16(13)14;1-2-8-6-5(1)3-7-4-9-6/h1-10H;1-4H,(H,7,8,9). The number of benzene rings is 4. The Bertz CT molecular complexity index is 1140. The van der Waals surface area contributed by atoms with Crippen LogP contribution < -0.4 is 0 Å². The number of hydrogen-bond donors (Lipinski definition) is 1. The molecule has 25 heavy (non-hydrogen) atoms. The minimum atomic E-state index is 0.894. The Hall–Kier alpha value is -3.46. The summed E-state index contributed by atoms with van der Waals surface area (Å²) in [5.41, 5.74) is 0.894. The Balaban J connectivity index is 0.000000132. The van der Waals surface area contributed by atoms with Gasteiger partial charge in [-0.3, -0.25) is 0 Å². The first kappa shape index (κ1) is 13.9. The average Bonchev–Trinajstić information content (AvgIpc) is 3.16. The van der Waals surface area contributed by atoms with Crippen molar-refractivity contribution in [3.63, 3.8) is 0 Å². The second-order valence-corrected chi connectivity index (χ2v) is 6.09. The summed E-state index contributed by atoms with van der Waals surface area (Å²) in [5.74, 6) is 0. The summed E-state index contributed by atoms with van der Waals surface area (Å²) in [4.78, 5) is 10.8. The molecule has 0 saturated carbocycles. The molecule has 0 atom stereocenters. The van der Waals surface area contributed by atoms with Gasteiger partial charge in [-0.1, -0.05) is 60.7 Å². The lowest BCUT2D eigenvalue weighted by molar-refractivity contribution is 1.20. The summed E-state index contributed by atoms with van der Waals surface area (Å²) in [6, 6.07) is 23.8. The molecule has 0 saturated heterocycles. The maximum absolute atomic E-state index is 3.97. The van der Waals surface area contributed by atoms with E-state index in [9.17, 15) is 0 Å². The van der Waals surface area contributed by atoms with Gasteiger partial charge < -0.3 is 4.98 Å². The van der Waals surface area contributed by atoms with Gasteiger partial charge in [-0.25, -0.2) is 9.97 Å². The first-order valence-corrected chi connectivity index (χ1v) is 8.26. The fourth-order valence-corrected chi connectivity index (χ4v) is 3.46. The van der Waals surface area contributed by atoms with E-state index in [-0.39, 0.29) is 0 Å². The van der Waals surface area contributed by atoms with Crippen LogP contribution in [0.15, 0.2) is 85.5 Å². The Morgan fingerprint density at radius 1 is 0.600 bits per heavy atom. The molecule has 3 heteroatoms. The lowest BCUT2D eigenvalue weighted by atomic mass is 9.95. The van der Waals surface area contributed by atoms with Gasteiger partial charge in [0.1, 0.15) is 12.0 Å². The first-order valence-electron chi connectivity index (χ1n) is 8.26. The van der Waals surface area contributed by atoms with Crippen LogP contribution in [-0.4, -0.2) is 15.0 Å². The van der Waals surface area contributed by atoms with Gasteiger partial charge in [0.15, 0.2) is 0 Å². The number of aromatic nitrogens is 3. The quantitative estimate of drug-likeness (QED) is 0.373. The number of nitrogens with one attached hydrogen (secondary N) is 1. The second-order valence-electron chi connectivity index (χ2n) is 6.09. The smallest absolute Gasteiger partial charge is 0.140 e. The molecular formula is C22H15N3. The van der Waals surface area contributed by atoms with Crippen molar-refractivity contribution in [3.05, 3.63) is 85.5 Å². The number of nitrogens with zero attached hydrogens (tertiary/aromatic N) is 2.